The van der Waals surface area contributed by atoms with Crippen LogP contribution in [-0.2, 0) is 4.74 Å². The highest BCUT2D eigenvalue weighted by Gasteiger charge is 2.23. The molecule has 11 nitrogen and oxygen atoms in total. The van der Waals surface area contributed by atoms with Crippen molar-refractivity contribution in [3.8, 4) is 11.4 Å². The Hall–Kier alpha value is -4.19. The summed E-state index contributed by atoms with van der Waals surface area (Å²) in [5.41, 5.74) is 1.48. The van der Waals surface area contributed by atoms with Crippen molar-refractivity contribution < 1.29 is 19.2 Å². The van der Waals surface area contributed by atoms with Crippen molar-refractivity contribution in [2.75, 3.05) is 12.4 Å². The number of hydrogen-bond donors (Lipinski definition) is 1. The van der Waals surface area contributed by atoms with Crippen molar-refractivity contribution >= 4 is 45.1 Å². The summed E-state index contributed by atoms with van der Waals surface area (Å²) < 4.78 is 6.71. The van der Waals surface area contributed by atoms with Gasteiger partial charge in [0.1, 0.15) is 5.82 Å². The topological polar surface area (TPSA) is 142 Å². The number of benzene rings is 1. The highest BCUT2D eigenvalue weighted by atomic mass is 32.1. The molecule has 0 atom stereocenters. The Morgan fingerprint density at radius 1 is 1.17 bits per heavy atom. The van der Waals surface area contributed by atoms with E-state index in [1.54, 1.807) is 30.5 Å². The van der Waals surface area contributed by atoms with E-state index in [0.717, 1.165) is 37.0 Å². The molecule has 184 valence electrons. The van der Waals surface area contributed by atoms with E-state index in [1.807, 2.05) is 4.68 Å². The van der Waals surface area contributed by atoms with Gasteiger partial charge in [-0.05, 0) is 31.0 Å². The van der Waals surface area contributed by atoms with Crippen LogP contribution in [0.5, 0.6) is 0 Å². The Morgan fingerprint density at radius 3 is 2.69 bits per heavy atom. The number of esters is 1. The molecule has 3 heterocycles. The molecule has 0 spiro atoms. The van der Waals surface area contributed by atoms with Crippen LogP contribution < -0.4 is 5.32 Å². The predicted molar refractivity (Wildman–Crippen MR) is 133 cm³/mol. The van der Waals surface area contributed by atoms with E-state index in [9.17, 15) is 19.7 Å². The summed E-state index contributed by atoms with van der Waals surface area (Å²) in [5.74, 6) is -0.467. The lowest BCUT2D eigenvalue weighted by Crippen LogP contribution is -2.16. The van der Waals surface area contributed by atoms with Crippen LogP contribution >= 0.6 is 11.3 Å². The largest absolute Gasteiger partial charge is 0.465 e. The Bertz CT molecular complexity index is 1470. The van der Waals surface area contributed by atoms with E-state index in [4.69, 9.17) is 9.72 Å². The second-order valence-electron chi connectivity index (χ2n) is 8.44. The zero-order chi connectivity index (χ0) is 25.2. The molecule has 1 aliphatic rings. The van der Waals surface area contributed by atoms with Gasteiger partial charge in [-0.1, -0.05) is 42.7 Å². The lowest BCUT2D eigenvalue weighted by molar-refractivity contribution is -0.380. The molecule has 1 N–H and O–H groups in total. The molecular formula is C24H22N6O5S. The average molecular weight is 507 g/mol. The van der Waals surface area contributed by atoms with E-state index < -0.39 is 16.8 Å². The third-order valence-electron chi connectivity index (χ3n) is 6.14. The van der Waals surface area contributed by atoms with Gasteiger partial charge < -0.3 is 10.1 Å². The fraction of sp³-hybridized carbons (Fsp3) is 0.292. The van der Waals surface area contributed by atoms with Crippen LogP contribution in [-0.4, -0.2) is 43.7 Å². The first kappa shape index (κ1) is 23.5. The highest BCUT2D eigenvalue weighted by molar-refractivity contribution is 7.17. The third-order valence-corrected chi connectivity index (χ3v) is 7.18. The maximum atomic E-state index is 13.0. The van der Waals surface area contributed by atoms with Gasteiger partial charge >= 0.3 is 11.0 Å². The molecule has 1 aliphatic carbocycles. The quantitative estimate of drug-likeness (QED) is 0.218. The van der Waals surface area contributed by atoms with Crippen molar-refractivity contribution in [2.24, 2.45) is 0 Å². The van der Waals surface area contributed by atoms with Gasteiger partial charge in [0.2, 0.25) is 0 Å². The summed E-state index contributed by atoms with van der Waals surface area (Å²) in [6.07, 6.45) is 6.98. The second-order valence-corrected chi connectivity index (χ2v) is 9.50. The lowest BCUT2D eigenvalue weighted by atomic mass is 9.96. The molecule has 1 fully saturated rings. The Morgan fingerprint density at radius 2 is 1.97 bits per heavy atom. The predicted octanol–water partition coefficient (Wildman–Crippen LogP) is 5.01. The van der Waals surface area contributed by atoms with Crippen molar-refractivity contribution in [1.82, 2.24) is 19.7 Å². The number of carbonyl (C=O) groups excluding carboxylic acids is 2. The number of amides is 1. The zero-order valence-corrected chi connectivity index (χ0v) is 20.2. The lowest BCUT2D eigenvalue weighted by Gasteiger charge is -2.22. The number of fused-ring (bicyclic) bond motifs is 1. The zero-order valence-electron chi connectivity index (χ0n) is 19.3. The van der Waals surface area contributed by atoms with Gasteiger partial charge in [0.05, 0.1) is 40.1 Å². The minimum Gasteiger partial charge on any atom is -0.465 e. The summed E-state index contributed by atoms with van der Waals surface area (Å²) in [4.78, 5) is 45.1. The number of rotatable bonds is 6. The Balaban J connectivity index is 1.60. The van der Waals surface area contributed by atoms with Crippen LogP contribution in [0.3, 0.4) is 0 Å². The number of aromatic nitrogens is 4. The second kappa shape index (κ2) is 9.82. The fourth-order valence-corrected chi connectivity index (χ4v) is 5.08. The van der Waals surface area contributed by atoms with Crippen molar-refractivity contribution in [3.63, 3.8) is 0 Å². The number of thiophene rings is 1. The third kappa shape index (κ3) is 4.54. The summed E-state index contributed by atoms with van der Waals surface area (Å²) in [7, 11) is 1.31. The van der Waals surface area contributed by atoms with Gasteiger partial charge in [-0.2, -0.15) is 5.10 Å². The number of nitrogens with zero attached hydrogens (tertiary/aromatic N) is 5. The highest BCUT2D eigenvalue weighted by Crippen LogP contribution is 2.33. The van der Waals surface area contributed by atoms with Crippen LogP contribution in [0.1, 0.15) is 58.2 Å². The Labute approximate surface area is 209 Å². The molecule has 1 saturated carbocycles. The van der Waals surface area contributed by atoms with E-state index in [1.165, 1.54) is 25.7 Å². The molecule has 36 heavy (non-hydrogen) atoms. The van der Waals surface area contributed by atoms with Gasteiger partial charge in [-0.15, -0.1) is 0 Å². The van der Waals surface area contributed by atoms with Crippen molar-refractivity contribution in [3.05, 3.63) is 63.1 Å². The van der Waals surface area contributed by atoms with E-state index in [0.29, 0.717) is 28.0 Å². The first-order valence-electron chi connectivity index (χ1n) is 11.4. The van der Waals surface area contributed by atoms with Gasteiger partial charge in [0.25, 0.3) is 5.91 Å². The smallest absolute Gasteiger partial charge is 0.337 e. The normalized spacial score (nSPS) is 14.0. The van der Waals surface area contributed by atoms with Crippen LogP contribution in [0.25, 0.3) is 22.4 Å². The standard InChI is InChI=1S/C24H22N6O5S/c1-35-24(32)15-7-5-6-14(12-15)20-26-21(28-23(31)18-10-11-19(36-18)30(33)34)17-13-25-29(22(17)27-20)16-8-3-2-4-9-16/h5-7,10-13,16H,2-4,8-9H2,1H3,(H,26,27,28,31). The molecular weight excluding hydrogens is 484 g/mol. The number of methoxy groups -OCH3 is 1. The molecule has 0 saturated heterocycles. The molecule has 0 bridgehead atoms. The number of anilines is 1. The SMILES string of the molecule is COC(=O)c1cccc(-c2nc(NC(=O)c3ccc([N+](=O)[O-])s3)c3cnn(C4CCCCC4)c3n2)c1. The minimum atomic E-state index is -0.537. The van der Waals surface area contributed by atoms with E-state index in [-0.39, 0.29) is 21.7 Å². The maximum absolute atomic E-state index is 13.0. The van der Waals surface area contributed by atoms with Crippen molar-refractivity contribution in [2.45, 2.75) is 38.1 Å². The van der Waals surface area contributed by atoms with E-state index >= 15 is 0 Å². The molecule has 0 aliphatic heterocycles. The summed E-state index contributed by atoms with van der Waals surface area (Å²) >= 11 is 0.783. The molecule has 0 unspecified atom stereocenters. The number of hydrogen-bond acceptors (Lipinski definition) is 9. The number of nitrogens with one attached hydrogen (secondary N) is 1. The first-order valence-corrected chi connectivity index (χ1v) is 12.3. The Kier molecular flexibility index (Phi) is 6.42. The fourth-order valence-electron chi connectivity index (χ4n) is 4.36. The van der Waals surface area contributed by atoms with Gasteiger partial charge in [-0.25, -0.2) is 19.4 Å². The van der Waals surface area contributed by atoms with Crippen LogP contribution in [0.15, 0.2) is 42.6 Å². The summed E-state index contributed by atoms with van der Waals surface area (Å²) in [6, 6.07) is 9.61. The first-order chi connectivity index (χ1) is 17.4. The number of ether oxygens (including phenoxy) is 1. The molecule has 0 radical (unpaired) electrons. The molecule has 3 aromatic heterocycles. The number of carbonyl (C=O) groups is 2. The van der Waals surface area contributed by atoms with Gasteiger partial charge in [-0.3, -0.25) is 14.9 Å². The molecule has 1 amide bonds. The minimum absolute atomic E-state index is 0.126. The van der Waals surface area contributed by atoms with Crippen molar-refractivity contribution in [1.29, 1.82) is 0 Å². The molecule has 5 rings (SSSR count). The summed E-state index contributed by atoms with van der Waals surface area (Å²) in [5, 5.41) is 18.8. The summed E-state index contributed by atoms with van der Waals surface area (Å²) in [6.45, 7) is 0. The van der Waals surface area contributed by atoms with Crippen LogP contribution in [0.4, 0.5) is 10.8 Å². The van der Waals surface area contributed by atoms with E-state index in [2.05, 4.69) is 15.4 Å². The van der Waals surface area contributed by atoms with Gasteiger partial charge in [0, 0.05) is 11.6 Å². The van der Waals surface area contributed by atoms with Crippen LogP contribution in [0, 0.1) is 10.1 Å². The molecule has 1 aromatic carbocycles. The molecule has 12 heteroatoms. The van der Waals surface area contributed by atoms with Crippen LogP contribution in [0.2, 0.25) is 0 Å². The monoisotopic (exact) mass is 506 g/mol. The molecule has 4 aromatic rings. The average Bonchev–Trinajstić information content (AvgIpc) is 3.57. The van der Waals surface area contributed by atoms with Gasteiger partial charge in [0.15, 0.2) is 11.5 Å². The number of nitro groups is 1. The maximum Gasteiger partial charge on any atom is 0.337 e.